The highest BCUT2D eigenvalue weighted by molar-refractivity contribution is 6.00. The number of alkyl halides is 3. The average Bonchev–Trinajstić information content (AvgIpc) is 3.07. The van der Waals surface area contributed by atoms with E-state index in [0.717, 1.165) is 18.9 Å². The number of carbonyl (C=O) groups excluding carboxylic acids is 1. The maximum absolute atomic E-state index is 12.9. The van der Waals surface area contributed by atoms with Crippen LogP contribution in [0.2, 0.25) is 0 Å². The van der Waals surface area contributed by atoms with Gasteiger partial charge < -0.3 is 4.98 Å². The first-order valence-corrected chi connectivity index (χ1v) is 5.69. The molecule has 0 spiro atoms. The van der Waals surface area contributed by atoms with Gasteiger partial charge in [-0.25, -0.2) is 0 Å². The molecule has 1 aromatic heterocycles. The van der Waals surface area contributed by atoms with E-state index in [2.05, 4.69) is 4.98 Å². The van der Waals surface area contributed by atoms with Gasteiger partial charge in [0.25, 0.3) is 0 Å². The first kappa shape index (κ1) is 11.3. The fourth-order valence-electron chi connectivity index (χ4n) is 2.32. The van der Waals surface area contributed by atoms with Gasteiger partial charge in [-0.2, -0.15) is 13.2 Å². The van der Waals surface area contributed by atoms with Crippen molar-refractivity contribution in [3.8, 4) is 0 Å². The minimum absolute atomic E-state index is 0.0222. The molecule has 1 heterocycles. The van der Waals surface area contributed by atoms with Gasteiger partial charge in [-0.05, 0) is 24.8 Å². The summed E-state index contributed by atoms with van der Waals surface area (Å²) in [6, 6.07) is 3.92. The van der Waals surface area contributed by atoms with Crippen molar-refractivity contribution >= 4 is 17.2 Å². The lowest BCUT2D eigenvalue weighted by Gasteiger charge is -2.07. The molecule has 2 nitrogen and oxygen atoms in total. The number of H-pyrrole nitrogens is 1. The Labute approximate surface area is 101 Å². The van der Waals surface area contributed by atoms with Crippen LogP contribution in [-0.4, -0.2) is 11.3 Å². The van der Waals surface area contributed by atoms with Crippen molar-refractivity contribution in [1.82, 2.24) is 4.98 Å². The topological polar surface area (TPSA) is 32.9 Å². The Balaban J connectivity index is 2.32. The Bertz CT molecular complexity index is 623. The maximum Gasteiger partial charge on any atom is 0.418 e. The van der Waals surface area contributed by atoms with E-state index < -0.39 is 11.7 Å². The Morgan fingerprint density at radius 2 is 2.00 bits per heavy atom. The van der Waals surface area contributed by atoms with E-state index in [1.807, 2.05) is 0 Å². The lowest BCUT2D eigenvalue weighted by atomic mass is 10.1. The lowest BCUT2D eigenvalue weighted by Crippen LogP contribution is -2.05. The molecule has 1 aromatic carbocycles. The lowest BCUT2D eigenvalue weighted by molar-refractivity contribution is -0.136. The quantitative estimate of drug-likeness (QED) is 0.809. The molecule has 0 atom stereocenters. The summed E-state index contributed by atoms with van der Waals surface area (Å²) in [6.45, 7) is 0. The Kier molecular flexibility index (Phi) is 2.27. The van der Waals surface area contributed by atoms with Crippen LogP contribution in [0.4, 0.5) is 13.2 Å². The number of halogens is 3. The van der Waals surface area contributed by atoms with Crippen LogP contribution in [-0.2, 0) is 6.18 Å². The summed E-state index contributed by atoms with van der Waals surface area (Å²) >= 11 is 0. The van der Waals surface area contributed by atoms with Crippen LogP contribution >= 0.6 is 0 Å². The zero-order chi connectivity index (χ0) is 12.9. The van der Waals surface area contributed by atoms with Crippen LogP contribution in [0, 0.1) is 0 Å². The first-order chi connectivity index (χ1) is 8.52. The standard InChI is InChI=1S/C13H10F3NO/c14-13(15,16)10-3-1-2-8-9(6-18)11(7-4-5-7)17-12(8)10/h1-3,6-7,17H,4-5H2. The van der Waals surface area contributed by atoms with E-state index in [-0.39, 0.29) is 11.4 Å². The summed E-state index contributed by atoms with van der Waals surface area (Å²) in [5.41, 5.74) is 0.333. The van der Waals surface area contributed by atoms with Crippen molar-refractivity contribution in [3.05, 3.63) is 35.0 Å². The zero-order valence-corrected chi connectivity index (χ0v) is 9.34. The number of aldehydes is 1. The van der Waals surface area contributed by atoms with E-state index >= 15 is 0 Å². The van der Waals surface area contributed by atoms with E-state index in [9.17, 15) is 18.0 Å². The summed E-state index contributed by atoms with van der Waals surface area (Å²) < 4.78 is 38.6. The summed E-state index contributed by atoms with van der Waals surface area (Å²) in [6.07, 6.45) is -1.91. The monoisotopic (exact) mass is 253 g/mol. The number of benzene rings is 1. The minimum atomic E-state index is -4.41. The van der Waals surface area contributed by atoms with Gasteiger partial charge in [0.05, 0.1) is 11.1 Å². The third-order valence-electron chi connectivity index (χ3n) is 3.31. The smallest absolute Gasteiger partial charge is 0.357 e. The Hall–Kier alpha value is -1.78. The zero-order valence-electron chi connectivity index (χ0n) is 9.34. The fraction of sp³-hybridized carbons (Fsp3) is 0.308. The van der Waals surface area contributed by atoms with Crippen LogP contribution in [0.5, 0.6) is 0 Å². The summed E-state index contributed by atoms with van der Waals surface area (Å²) in [5.74, 6) is 0.207. The fourth-order valence-corrected chi connectivity index (χ4v) is 2.32. The molecular formula is C13H10F3NO. The van der Waals surface area contributed by atoms with Gasteiger partial charge in [0.1, 0.15) is 0 Å². The molecule has 1 saturated carbocycles. The second-order valence-electron chi connectivity index (χ2n) is 4.57. The number of fused-ring (bicyclic) bond motifs is 1. The van der Waals surface area contributed by atoms with Crippen LogP contribution in [0.25, 0.3) is 10.9 Å². The SMILES string of the molecule is O=Cc1c(C2CC2)[nH]c2c(C(F)(F)F)cccc12. The predicted molar refractivity (Wildman–Crippen MR) is 60.7 cm³/mol. The van der Waals surface area contributed by atoms with Gasteiger partial charge in [0.15, 0.2) is 6.29 Å². The molecule has 94 valence electrons. The van der Waals surface area contributed by atoms with Gasteiger partial charge in [0.2, 0.25) is 0 Å². The molecule has 2 aromatic rings. The van der Waals surface area contributed by atoms with E-state index in [0.29, 0.717) is 22.9 Å². The van der Waals surface area contributed by atoms with Crippen LogP contribution in [0.1, 0.15) is 40.4 Å². The van der Waals surface area contributed by atoms with E-state index in [1.165, 1.54) is 6.07 Å². The highest BCUT2D eigenvalue weighted by Gasteiger charge is 2.35. The van der Waals surface area contributed by atoms with Crippen molar-refractivity contribution in [2.24, 2.45) is 0 Å². The van der Waals surface area contributed by atoms with Gasteiger partial charge in [0, 0.05) is 16.6 Å². The number of hydrogen-bond donors (Lipinski definition) is 1. The van der Waals surface area contributed by atoms with Gasteiger partial charge >= 0.3 is 6.18 Å². The Morgan fingerprint density at radius 3 is 2.56 bits per heavy atom. The molecule has 0 radical (unpaired) electrons. The summed E-state index contributed by atoms with van der Waals surface area (Å²) in [4.78, 5) is 13.9. The molecule has 0 aliphatic heterocycles. The highest BCUT2D eigenvalue weighted by atomic mass is 19.4. The third kappa shape index (κ3) is 1.62. The molecule has 18 heavy (non-hydrogen) atoms. The van der Waals surface area contributed by atoms with E-state index in [4.69, 9.17) is 0 Å². The molecule has 1 fully saturated rings. The van der Waals surface area contributed by atoms with Crippen LogP contribution < -0.4 is 0 Å². The van der Waals surface area contributed by atoms with Gasteiger partial charge in [-0.15, -0.1) is 0 Å². The number of rotatable bonds is 2. The van der Waals surface area contributed by atoms with Gasteiger partial charge in [-0.1, -0.05) is 12.1 Å². The largest absolute Gasteiger partial charge is 0.418 e. The number of aromatic nitrogens is 1. The van der Waals surface area contributed by atoms with Crippen LogP contribution in [0.15, 0.2) is 18.2 Å². The molecule has 1 aliphatic rings. The predicted octanol–water partition coefficient (Wildman–Crippen LogP) is 3.88. The first-order valence-electron chi connectivity index (χ1n) is 5.69. The molecule has 1 aliphatic carbocycles. The number of carbonyl (C=O) groups is 1. The summed E-state index contributed by atoms with van der Waals surface area (Å²) in [5, 5.41) is 0.363. The number of nitrogens with one attached hydrogen (secondary N) is 1. The molecule has 0 amide bonds. The maximum atomic E-state index is 12.9. The van der Waals surface area contributed by atoms with Gasteiger partial charge in [-0.3, -0.25) is 4.79 Å². The second kappa shape index (κ2) is 3.60. The molecule has 1 N–H and O–H groups in total. The number of para-hydroxylation sites is 1. The summed E-state index contributed by atoms with van der Waals surface area (Å²) in [7, 11) is 0. The molecular weight excluding hydrogens is 243 g/mol. The molecule has 0 unspecified atom stereocenters. The Morgan fingerprint density at radius 1 is 1.28 bits per heavy atom. The molecule has 0 saturated heterocycles. The highest BCUT2D eigenvalue weighted by Crippen LogP contribution is 2.44. The van der Waals surface area contributed by atoms with Crippen molar-refractivity contribution in [2.45, 2.75) is 24.9 Å². The number of aromatic amines is 1. The third-order valence-corrected chi connectivity index (χ3v) is 3.31. The van der Waals surface area contributed by atoms with Crippen molar-refractivity contribution in [3.63, 3.8) is 0 Å². The molecule has 5 heteroatoms. The van der Waals surface area contributed by atoms with Crippen molar-refractivity contribution in [2.75, 3.05) is 0 Å². The van der Waals surface area contributed by atoms with Crippen molar-refractivity contribution < 1.29 is 18.0 Å². The van der Waals surface area contributed by atoms with Crippen molar-refractivity contribution in [1.29, 1.82) is 0 Å². The second-order valence-corrected chi connectivity index (χ2v) is 4.57. The average molecular weight is 253 g/mol. The normalized spacial score (nSPS) is 16.2. The molecule has 0 bridgehead atoms. The minimum Gasteiger partial charge on any atom is -0.357 e. The molecule has 3 rings (SSSR count). The van der Waals surface area contributed by atoms with E-state index in [1.54, 1.807) is 6.07 Å². The number of hydrogen-bond acceptors (Lipinski definition) is 1. The van der Waals surface area contributed by atoms with Crippen LogP contribution in [0.3, 0.4) is 0 Å².